The fraction of sp³-hybridized carbons (Fsp3) is 0.294. The summed E-state index contributed by atoms with van der Waals surface area (Å²) >= 11 is 0. The van der Waals surface area contributed by atoms with Crippen LogP contribution < -0.4 is 5.73 Å². The lowest BCUT2D eigenvalue weighted by Gasteiger charge is -2.20. The number of halogens is 2. The zero-order valence-electron chi connectivity index (χ0n) is 12.1. The monoisotopic (exact) mass is 290 g/mol. The Kier molecular flexibility index (Phi) is 5.42. The second-order valence-corrected chi connectivity index (χ2v) is 5.28. The maximum atomic E-state index is 13.6. The Hall–Kier alpha value is -1.78. The summed E-state index contributed by atoms with van der Waals surface area (Å²) in [7, 11) is 1.93. The van der Waals surface area contributed by atoms with E-state index < -0.39 is 0 Å². The van der Waals surface area contributed by atoms with Gasteiger partial charge in [0.25, 0.3) is 0 Å². The first kappa shape index (κ1) is 15.6. The van der Waals surface area contributed by atoms with Crippen LogP contribution in [0.2, 0.25) is 0 Å². The van der Waals surface area contributed by atoms with E-state index in [0.717, 1.165) is 18.5 Å². The predicted molar refractivity (Wildman–Crippen MR) is 80.7 cm³/mol. The largest absolute Gasteiger partial charge is 0.324 e. The van der Waals surface area contributed by atoms with Crippen LogP contribution in [0.1, 0.15) is 23.6 Å². The maximum absolute atomic E-state index is 13.6. The van der Waals surface area contributed by atoms with Gasteiger partial charge in [-0.2, -0.15) is 0 Å². The van der Waals surface area contributed by atoms with Crippen molar-refractivity contribution in [1.82, 2.24) is 4.90 Å². The van der Waals surface area contributed by atoms with Crippen molar-refractivity contribution in [2.45, 2.75) is 19.0 Å². The number of nitrogens with two attached hydrogens (primary N) is 1. The van der Waals surface area contributed by atoms with Crippen LogP contribution in [0.5, 0.6) is 0 Å². The van der Waals surface area contributed by atoms with Crippen LogP contribution in [-0.4, -0.2) is 18.5 Å². The third-order valence-corrected chi connectivity index (χ3v) is 3.52. The molecular weight excluding hydrogens is 270 g/mol. The van der Waals surface area contributed by atoms with E-state index in [1.807, 2.05) is 18.0 Å². The molecule has 2 nitrogen and oxygen atoms in total. The summed E-state index contributed by atoms with van der Waals surface area (Å²) in [6.45, 7) is 1.29. The highest BCUT2D eigenvalue weighted by Crippen LogP contribution is 2.16. The standard InChI is InChI=1S/C17H20F2N2/c1-21(12-14-4-2-3-5-16(14)19)11-10-17(20)13-6-8-15(18)9-7-13/h2-9,17H,10-12,20H2,1H3. The molecule has 2 aromatic carbocycles. The first-order valence-electron chi connectivity index (χ1n) is 6.99. The zero-order valence-corrected chi connectivity index (χ0v) is 12.1. The van der Waals surface area contributed by atoms with Gasteiger partial charge in [-0.25, -0.2) is 8.78 Å². The molecule has 2 rings (SSSR count). The highest BCUT2D eigenvalue weighted by molar-refractivity contribution is 5.19. The van der Waals surface area contributed by atoms with Gasteiger partial charge in [-0.1, -0.05) is 30.3 Å². The second kappa shape index (κ2) is 7.29. The van der Waals surface area contributed by atoms with E-state index >= 15 is 0 Å². The summed E-state index contributed by atoms with van der Waals surface area (Å²) in [4.78, 5) is 2.03. The van der Waals surface area contributed by atoms with Crippen LogP contribution in [0.4, 0.5) is 8.78 Å². The summed E-state index contributed by atoms with van der Waals surface area (Å²) in [5.41, 5.74) is 7.68. The molecule has 0 bridgehead atoms. The van der Waals surface area contributed by atoms with Crippen LogP contribution in [0.25, 0.3) is 0 Å². The van der Waals surface area contributed by atoms with Gasteiger partial charge >= 0.3 is 0 Å². The van der Waals surface area contributed by atoms with Crippen molar-refractivity contribution in [2.75, 3.05) is 13.6 Å². The molecule has 4 heteroatoms. The fourth-order valence-corrected chi connectivity index (χ4v) is 2.23. The quantitative estimate of drug-likeness (QED) is 0.882. The van der Waals surface area contributed by atoms with Crippen LogP contribution in [-0.2, 0) is 6.54 Å². The van der Waals surface area contributed by atoms with Crippen molar-refractivity contribution < 1.29 is 8.78 Å². The van der Waals surface area contributed by atoms with Gasteiger partial charge < -0.3 is 10.6 Å². The summed E-state index contributed by atoms with van der Waals surface area (Å²) in [5.74, 6) is -0.449. The molecule has 1 atom stereocenters. The molecule has 0 spiro atoms. The van der Waals surface area contributed by atoms with Crippen molar-refractivity contribution in [3.8, 4) is 0 Å². The number of hydrogen-bond acceptors (Lipinski definition) is 2. The van der Waals surface area contributed by atoms with E-state index in [1.54, 1.807) is 24.3 Å². The SMILES string of the molecule is CN(CCC(N)c1ccc(F)cc1)Cc1ccccc1F. The molecule has 0 aliphatic rings. The van der Waals surface area contributed by atoms with Gasteiger partial charge in [-0.05, 0) is 43.8 Å². The number of benzene rings is 2. The lowest BCUT2D eigenvalue weighted by molar-refractivity contribution is 0.307. The smallest absolute Gasteiger partial charge is 0.127 e. The van der Waals surface area contributed by atoms with Crippen molar-refractivity contribution in [1.29, 1.82) is 0 Å². The normalized spacial score (nSPS) is 12.6. The van der Waals surface area contributed by atoms with Crippen molar-refractivity contribution in [3.63, 3.8) is 0 Å². The molecule has 0 saturated heterocycles. The topological polar surface area (TPSA) is 29.3 Å². The second-order valence-electron chi connectivity index (χ2n) is 5.28. The van der Waals surface area contributed by atoms with E-state index in [2.05, 4.69) is 0 Å². The van der Waals surface area contributed by atoms with Gasteiger partial charge in [0.2, 0.25) is 0 Å². The molecular formula is C17H20F2N2. The molecule has 0 aromatic heterocycles. The minimum absolute atomic E-state index is 0.145. The predicted octanol–water partition coefficient (Wildman–Crippen LogP) is 3.49. The van der Waals surface area contributed by atoms with Crippen LogP contribution in [0.3, 0.4) is 0 Å². The number of nitrogens with zero attached hydrogens (tertiary/aromatic N) is 1. The molecule has 0 radical (unpaired) electrons. The Morgan fingerprint density at radius 2 is 1.71 bits per heavy atom. The molecule has 2 aromatic rings. The number of rotatable bonds is 6. The summed E-state index contributed by atoms with van der Waals surface area (Å²) in [6, 6.07) is 12.9. The van der Waals surface area contributed by atoms with Crippen molar-refractivity contribution in [3.05, 3.63) is 71.3 Å². The molecule has 2 N–H and O–H groups in total. The molecule has 112 valence electrons. The third kappa shape index (κ3) is 4.62. The van der Waals surface area contributed by atoms with E-state index in [0.29, 0.717) is 12.1 Å². The Morgan fingerprint density at radius 3 is 2.38 bits per heavy atom. The van der Waals surface area contributed by atoms with Gasteiger partial charge in [-0.3, -0.25) is 0 Å². The highest BCUT2D eigenvalue weighted by atomic mass is 19.1. The lowest BCUT2D eigenvalue weighted by Crippen LogP contribution is -2.23. The van der Waals surface area contributed by atoms with Crippen molar-refractivity contribution >= 4 is 0 Å². The summed E-state index contributed by atoms with van der Waals surface area (Å²) < 4.78 is 26.4. The first-order valence-corrected chi connectivity index (χ1v) is 6.99. The van der Waals surface area contributed by atoms with E-state index in [-0.39, 0.29) is 17.7 Å². The van der Waals surface area contributed by atoms with Gasteiger partial charge in [-0.15, -0.1) is 0 Å². The molecule has 0 fully saturated rings. The van der Waals surface area contributed by atoms with Gasteiger partial charge in [0.05, 0.1) is 0 Å². The average Bonchev–Trinajstić information content (AvgIpc) is 2.48. The molecule has 0 heterocycles. The van der Waals surface area contributed by atoms with Gasteiger partial charge in [0.1, 0.15) is 11.6 Å². The Balaban J connectivity index is 1.85. The van der Waals surface area contributed by atoms with Gasteiger partial charge in [0.15, 0.2) is 0 Å². The van der Waals surface area contributed by atoms with E-state index in [1.165, 1.54) is 18.2 Å². The van der Waals surface area contributed by atoms with Crippen LogP contribution in [0.15, 0.2) is 48.5 Å². The Bertz CT molecular complexity index is 569. The van der Waals surface area contributed by atoms with Crippen LogP contribution in [0, 0.1) is 11.6 Å². The first-order chi connectivity index (χ1) is 10.1. The molecule has 0 aliphatic heterocycles. The molecule has 0 amide bonds. The Morgan fingerprint density at radius 1 is 1.05 bits per heavy atom. The van der Waals surface area contributed by atoms with Crippen LogP contribution >= 0.6 is 0 Å². The molecule has 0 saturated carbocycles. The molecule has 1 unspecified atom stereocenters. The Labute approximate surface area is 124 Å². The van der Waals surface area contributed by atoms with E-state index in [4.69, 9.17) is 5.73 Å². The molecule has 21 heavy (non-hydrogen) atoms. The average molecular weight is 290 g/mol. The van der Waals surface area contributed by atoms with E-state index in [9.17, 15) is 8.78 Å². The summed E-state index contributed by atoms with van der Waals surface area (Å²) in [5, 5.41) is 0. The minimum atomic E-state index is -0.261. The number of hydrogen-bond donors (Lipinski definition) is 1. The fourth-order valence-electron chi connectivity index (χ4n) is 2.23. The summed E-state index contributed by atoms with van der Waals surface area (Å²) in [6.07, 6.45) is 0.733. The minimum Gasteiger partial charge on any atom is -0.324 e. The van der Waals surface area contributed by atoms with Gasteiger partial charge in [0, 0.05) is 18.2 Å². The maximum Gasteiger partial charge on any atom is 0.127 e. The lowest BCUT2D eigenvalue weighted by atomic mass is 10.0. The van der Waals surface area contributed by atoms with Crippen molar-refractivity contribution in [2.24, 2.45) is 5.73 Å². The molecule has 0 aliphatic carbocycles. The third-order valence-electron chi connectivity index (χ3n) is 3.52. The zero-order chi connectivity index (χ0) is 15.2. The highest BCUT2D eigenvalue weighted by Gasteiger charge is 2.09.